The van der Waals surface area contributed by atoms with Gasteiger partial charge in [-0.2, -0.15) is 0 Å². The number of carboxylic acid groups (broad SMARTS) is 1. The predicted octanol–water partition coefficient (Wildman–Crippen LogP) is -2.21. The Morgan fingerprint density at radius 1 is 1.25 bits per heavy atom. The summed E-state index contributed by atoms with van der Waals surface area (Å²) in [4.78, 5) is 10.3. The fourth-order valence-electron chi connectivity index (χ4n) is 0.626. The number of hydrogen-bond donors (Lipinski definition) is 2. The quantitative estimate of drug-likeness (QED) is 0.376. The topological polar surface area (TPSA) is 93.3 Å². The number of carboxylic acids is 1. The largest absolute Gasteiger partial charge is 1.00 e. The molecule has 1 rings (SSSR count). The van der Waals surface area contributed by atoms with Gasteiger partial charge in [0.25, 0.3) is 0 Å². The van der Waals surface area contributed by atoms with Gasteiger partial charge in [0.1, 0.15) is 0 Å². The number of benzene rings is 1. The minimum absolute atomic E-state index is 0. The summed E-state index contributed by atoms with van der Waals surface area (Å²) in [6.45, 7) is 0. The van der Waals surface area contributed by atoms with E-state index in [1.165, 1.54) is 12.1 Å². The number of hydrogen-bond acceptors (Lipinski definition) is 3. The third-order valence-corrected chi connectivity index (χ3v) is 1.16. The zero-order valence-electron chi connectivity index (χ0n) is 6.69. The first kappa shape index (κ1) is 14.0. The Labute approximate surface area is 92.0 Å². The van der Waals surface area contributed by atoms with Crippen LogP contribution in [0.3, 0.4) is 0 Å². The minimum Gasteiger partial charge on any atom is -0.870 e. The maximum atomic E-state index is 10.3. The molecular formula is C7H8NNaO3. The standard InChI is InChI=1S/C7H7NO2.Na.H2O/c8-6-3-1-5(2-4-6)7(9)10;;/h1-4H,8H2,(H,9,10);;1H2/q;+1;/p-1. The molecule has 0 bridgehead atoms. The Morgan fingerprint density at radius 2 is 1.67 bits per heavy atom. The molecule has 0 aliphatic rings. The molecule has 0 aliphatic carbocycles. The molecule has 0 saturated carbocycles. The van der Waals surface area contributed by atoms with Crippen LogP contribution in [0.15, 0.2) is 24.3 Å². The third-order valence-electron chi connectivity index (χ3n) is 1.16. The summed E-state index contributed by atoms with van der Waals surface area (Å²) in [6.07, 6.45) is 0. The second-order valence-corrected chi connectivity index (χ2v) is 1.93. The smallest absolute Gasteiger partial charge is 0.870 e. The Balaban J connectivity index is 0. The molecule has 0 atom stereocenters. The molecule has 60 valence electrons. The van der Waals surface area contributed by atoms with Gasteiger partial charge < -0.3 is 16.3 Å². The molecule has 0 radical (unpaired) electrons. The number of anilines is 1. The van der Waals surface area contributed by atoms with E-state index >= 15 is 0 Å². The summed E-state index contributed by atoms with van der Waals surface area (Å²) in [7, 11) is 0. The van der Waals surface area contributed by atoms with Crippen LogP contribution in [0.2, 0.25) is 0 Å². The van der Waals surface area contributed by atoms with E-state index in [2.05, 4.69) is 0 Å². The van der Waals surface area contributed by atoms with Crippen molar-refractivity contribution in [2.24, 2.45) is 0 Å². The van der Waals surface area contributed by atoms with Crippen LogP contribution in [0.25, 0.3) is 0 Å². The van der Waals surface area contributed by atoms with Crippen molar-refractivity contribution >= 4 is 11.7 Å². The zero-order chi connectivity index (χ0) is 7.56. The molecular weight excluding hydrogens is 169 g/mol. The first-order valence-electron chi connectivity index (χ1n) is 2.79. The summed E-state index contributed by atoms with van der Waals surface area (Å²) in [5.41, 5.74) is 6.17. The van der Waals surface area contributed by atoms with Crippen molar-refractivity contribution in [2.45, 2.75) is 0 Å². The summed E-state index contributed by atoms with van der Waals surface area (Å²) in [6, 6.07) is 6.06. The van der Waals surface area contributed by atoms with Crippen molar-refractivity contribution in [1.29, 1.82) is 0 Å². The van der Waals surface area contributed by atoms with Crippen LogP contribution >= 0.6 is 0 Å². The summed E-state index contributed by atoms with van der Waals surface area (Å²) in [5.74, 6) is -0.931. The normalized spacial score (nSPS) is 7.67. The number of carbonyl (C=O) groups is 1. The monoisotopic (exact) mass is 177 g/mol. The van der Waals surface area contributed by atoms with E-state index in [9.17, 15) is 4.79 Å². The molecule has 0 fully saturated rings. The van der Waals surface area contributed by atoms with E-state index in [0.29, 0.717) is 5.69 Å². The number of aromatic carboxylic acids is 1. The van der Waals surface area contributed by atoms with Gasteiger partial charge in [0, 0.05) is 5.69 Å². The molecule has 1 aromatic carbocycles. The van der Waals surface area contributed by atoms with Gasteiger partial charge in [-0.15, -0.1) is 0 Å². The molecule has 0 unspecified atom stereocenters. The second kappa shape index (κ2) is 6.02. The number of rotatable bonds is 1. The van der Waals surface area contributed by atoms with Crippen molar-refractivity contribution < 1.29 is 44.9 Å². The first-order valence-corrected chi connectivity index (χ1v) is 2.79. The third kappa shape index (κ3) is 3.73. The molecule has 0 aliphatic heterocycles. The van der Waals surface area contributed by atoms with Crippen LogP contribution in [0.1, 0.15) is 10.4 Å². The van der Waals surface area contributed by atoms with Crippen LogP contribution in [-0.4, -0.2) is 16.6 Å². The maximum Gasteiger partial charge on any atom is 1.00 e. The van der Waals surface area contributed by atoms with Crippen LogP contribution in [0, 0.1) is 0 Å². The Bertz CT molecular complexity index is 247. The van der Waals surface area contributed by atoms with E-state index in [4.69, 9.17) is 10.8 Å². The maximum absolute atomic E-state index is 10.3. The van der Waals surface area contributed by atoms with E-state index < -0.39 is 5.97 Å². The summed E-state index contributed by atoms with van der Waals surface area (Å²) in [5, 5.41) is 8.43. The first-order chi connectivity index (χ1) is 4.70. The summed E-state index contributed by atoms with van der Waals surface area (Å²) >= 11 is 0. The Kier molecular flexibility index (Phi) is 7.02. The van der Waals surface area contributed by atoms with Gasteiger partial charge in [0.15, 0.2) is 0 Å². The molecule has 0 amide bonds. The van der Waals surface area contributed by atoms with Gasteiger partial charge in [-0.25, -0.2) is 4.79 Å². The molecule has 12 heavy (non-hydrogen) atoms. The second-order valence-electron chi connectivity index (χ2n) is 1.93. The zero-order valence-corrected chi connectivity index (χ0v) is 8.69. The predicted molar refractivity (Wildman–Crippen MR) is 39.7 cm³/mol. The van der Waals surface area contributed by atoms with Crippen LogP contribution < -0.4 is 35.3 Å². The SMILES string of the molecule is Nc1ccc(C(=O)O)cc1.[Na+].[OH-]. The fourth-order valence-corrected chi connectivity index (χ4v) is 0.626. The molecule has 4 N–H and O–H groups in total. The molecule has 1 aromatic rings. The van der Waals surface area contributed by atoms with Crippen molar-refractivity contribution in [3.05, 3.63) is 29.8 Å². The van der Waals surface area contributed by atoms with E-state index in [1.807, 2.05) is 0 Å². The van der Waals surface area contributed by atoms with Crippen molar-refractivity contribution in [1.82, 2.24) is 0 Å². The fraction of sp³-hybridized carbons (Fsp3) is 0. The number of nitrogens with two attached hydrogens (primary N) is 1. The van der Waals surface area contributed by atoms with E-state index in [1.54, 1.807) is 12.1 Å². The summed E-state index contributed by atoms with van der Waals surface area (Å²) < 4.78 is 0. The van der Waals surface area contributed by atoms with Gasteiger partial charge in [0.2, 0.25) is 0 Å². The average molecular weight is 177 g/mol. The molecule has 0 aromatic heterocycles. The van der Waals surface area contributed by atoms with Crippen molar-refractivity contribution in [3.8, 4) is 0 Å². The van der Waals surface area contributed by atoms with Gasteiger partial charge in [-0.3, -0.25) is 0 Å². The Morgan fingerprint density at radius 3 is 2.00 bits per heavy atom. The van der Waals surface area contributed by atoms with Crippen molar-refractivity contribution in [2.75, 3.05) is 5.73 Å². The molecule has 0 heterocycles. The van der Waals surface area contributed by atoms with Gasteiger partial charge in [-0.1, -0.05) is 0 Å². The number of nitrogen functional groups attached to an aromatic ring is 1. The molecule has 5 heteroatoms. The molecule has 0 saturated heterocycles. The van der Waals surface area contributed by atoms with Crippen molar-refractivity contribution in [3.63, 3.8) is 0 Å². The van der Waals surface area contributed by atoms with Gasteiger partial charge in [0.05, 0.1) is 5.56 Å². The average Bonchev–Trinajstić information content (AvgIpc) is 1.88. The van der Waals surface area contributed by atoms with E-state index in [-0.39, 0.29) is 40.6 Å². The van der Waals surface area contributed by atoms with E-state index in [0.717, 1.165) is 0 Å². The molecule has 0 spiro atoms. The van der Waals surface area contributed by atoms with Crippen LogP contribution in [0.5, 0.6) is 0 Å². The van der Waals surface area contributed by atoms with Crippen LogP contribution in [-0.2, 0) is 0 Å². The van der Waals surface area contributed by atoms with Gasteiger partial charge >= 0.3 is 35.5 Å². The Hall–Kier alpha value is -0.550. The van der Waals surface area contributed by atoms with Gasteiger partial charge in [-0.05, 0) is 24.3 Å². The van der Waals surface area contributed by atoms with Crippen LogP contribution in [0.4, 0.5) is 5.69 Å². The molecule has 4 nitrogen and oxygen atoms in total. The minimum atomic E-state index is -0.931.